The summed E-state index contributed by atoms with van der Waals surface area (Å²) in [6, 6.07) is 0.877. The van der Waals surface area contributed by atoms with Crippen molar-refractivity contribution in [1.29, 1.82) is 0 Å². The number of primary amides is 1. The van der Waals surface area contributed by atoms with E-state index in [2.05, 4.69) is 20.6 Å². The van der Waals surface area contributed by atoms with E-state index in [4.69, 9.17) is 14.8 Å². The first-order valence-corrected chi connectivity index (χ1v) is 7.60. The second-order valence-corrected chi connectivity index (χ2v) is 5.62. The minimum absolute atomic E-state index is 0.0379. The highest BCUT2D eigenvalue weighted by Crippen LogP contribution is 2.19. The summed E-state index contributed by atoms with van der Waals surface area (Å²) in [6.07, 6.45) is 0.962. The fourth-order valence-corrected chi connectivity index (χ4v) is 2.60. The van der Waals surface area contributed by atoms with Crippen LogP contribution in [-0.2, 0) is 16.0 Å². The molecule has 0 bridgehead atoms. The SMILES string of the molecule is Cc1cc(NC(=O)Cc2noc(C(=O)N3CCC[C@@H]3C(N)=O)n2)no1. The Bertz CT molecular complexity index is 812. The Labute approximate surface area is 141 Å². The lowest BCUT2D eigenvalue weighted by molar-refractivity contribution is -0.121. The van der Waals surface area contributed by atoms with Gasteiger partial charge in [0.15, 0.2) is 11.6 Å². The maximum Gasteiger partial charge on any atom is 0.316 e. The predicted octanol–water partition coefficient (Wildman–Crippen LogP) is -0.363. The molecule has 0 unspecified atom stereocenters. The van der Waals surface area contributed by atoms with Crippen LogP contribution in [0.25, 0.3) is 0 Å². The summed E-state index contributed by atoms with van der Waals surface area (Å²) in [4.78, 5) is 40.8. The summed E-state index contributed by atoms with van der Waals surface area (Å²) in [5, 5.41) is 9.75. The van der Waals surface area contributed by atoms with Crippen molar-refractivity contribution in [3.05, 3.63) is 23.5 Å². The topological polar surface area (TPSA) is 157 Å². The number of anilines is 1. The quantitative estimate of drug-likeness (QED) is 0.741. The summed E-state index contributed by atoms with van der Waals surface area (Å²) in [5.74, 6) is -1.02. The molecule has 1 aliphatic rings. The van der Waals surface area contributed by atoms with Gasteiger partial charge in [-0.1, -0.05) is 10.3 Å². The lowest BCUT2D eigenvalue weighted by atomic mass is 10.2. The highest BCUT2D eigenvalue weighted by Gasteiger charge is 2.35. The first kappa shape index (κ1) is 16.6. The number of nitrogens with two attached hydrogens (primary N) is 1. The lowest BCUT2D eigenvalue weighted by Gasteiger charge is -2.19. The van der Waals surface area contributed by atoms with Gasteiger partial charge in [0, 0.05) is 12.6 Å². The fourth-order valence-electron chi connectivity index (χ4n) is 2.60. The van der Waals surface area contributed by atoms with Crippen molar-refractivity contribution in [2.24, 2.45) is 5.73 Å². The van der Waals surface area contributed by atoms with Crippen molar-refractivity contribution < 1.29 is 23.4 Å². The minimum atomic E-state index is -0.679. The molecule has 3 N–H and O–H groups in total. The number of hydrogen-bond acceptors (Lipinski definition) is 8. The molecule has 0 radical (unpaired) electrons. The van der Waals surface area contributed by atoms with Crippen molar-refractivity contribution in [2.45, 2.75) is 32.2 Å². The average Bonchev–Trinajstić information content (AvgIpc) is 3.27. The molecule has 11 heteroatoms. The van der Waals surface area contributed by atoms with Crippen LogP contribution in [0.3, 0.4) is 0 Å². The summed E-state index contributed by atoms with van der Waals surface area (Å²) in [7, 11) is 0. The van der Waals surface area contributed by atoms with Gasteiger partial charge in [-0.3, -0.25) is 14.4 Å². The normalized spacial score (nSPS) is 16.8. The molecule has 0 saturated carbocycles. The number of aryl methyl sites for hydroxylation is 1. The van der Waals surface area contributed by atoms with Crippen LogP contribution >= 0.6 is 0 Å². The van der Waals surface area contributed by atoms with Crippen molar-refractivity contribution in [3.8, 4) is 0 Å². The number of nitrogens with zero attached hydrogens (tertiary/aromatic N) is 4. The average molecular weight is 348 g/mol. The van der Waals surface area contributed by atoms with E-state index in [9.17, 15) is 14.4 Å². The molecule has 3 heterocycles. The molecule has 1 saturated heterocycles. The Balaban J connectivity index is 1.62. The first-order valence-electron chi connectivity index (χ1n) is 7.60. The van der Waals surface area contributed by atoms with E-state index < -0.39 is 23.8 Å². The Morgan fingerprint density at radius 2 is 2.16 bits per heavy atom. The smallest absolute Gasteiger partial charge is 0.316 e. The lowest BCUT2D eigenvalue weighted by Crippen LogP contribution is -2.43. The van der Waals surface area contributed by atoms with Crippen LogP contribution in [0, 0.1) is 6.92 Å². The van der Waals surface area contributed by atoms with Gasteiger partial charge in [0.2, 0.25) is 11.8 Å². The van der Waals surface area contributed by atoms with Crippen molar-refractivity contribution in [2.75, 3.05) is 11.9 Å². The third-order valence-electron chi connectivity index (χ3n) is 3.71. The number of amides is 3. The van der Waals surface area contributed by atoms with Crippen LogP contribution in [0.4, 0.5) is 5.82 Å². The Morgan fingerprint density at radius 1 is 1.36 bits per heavy atom. The van der Waals surface area contributed by atoms with Crippen LogP contribution in [-0.4, -0.2) is 50.5 Å². The standard InChI is InChI=1S/C14H16N6O5/c1-7-5-9(18-24-7)16-11(21)6-10-17-13(25-19-10)14(23)20-4-2-3-8(20)12(15)22/h5,8H,2-4,6H2,1H3,(H2,15,22)(H,16,18,21)/t8-/m1/s1. The van der Waals surface area contributed by atoms with Gasteiger partial charge < -0.3 is 25.0 Å². The molecule has 2 aromatic rings. The zero-order chi connectivity index (χ0) is 18.0. The van der Waals surface area contributed by atoms with Gasteiger partial charge in [-0.25, -0.2) is 0 Å². The molecular formula is C14H16N6O5. The molecule has 1 aliphatic heterocycles. The minimum Gasteiger partial charge on any atom is -0.368 e. The van der Waals surface area contributed by atoms with Crippen LogP contribution in [0.15, 0.2) is 15.1 Å². The number of hydrogen-bond donors (Lipinski definition) is 2. The molecule has 3 rings (SSSR count). The highest BCUT2D eigenvalue weighted by molar-refractivity contribution is 5.94. The highest BCUT2D eigenvalue weighted by atomic mass is 16.5. The van der Waals surface area contributed by atoms with E-state index in [1.54, 1.807) is 13.0 Å². The Hall–Kier alpha value is -3.24. The number of nitrogens with one attached hydrogen (secondary N) is 1. The fraction of sp³-hybridized carbons (Fsp3) is 0.429. The van der Waals surface area contributed by atoms with Gasteiger partial charge >= 0.3 is 11.8 Å². The van der Waals surface area contributed by atoms with Gasteiger partial charge in [-0.15, -0.1) is 0 Å². The maximum absolute atomic E-state index is 12.4. The van der Waals surface area contributed by atoms with Crippen LogP contribution in [0.1, 0.15) is 35.1 Å². The second kappa shape index (κ2) is 6.71. The van der Waals surface area contributed by atoms with Crippen LogP contribution in [0.5, 0.6) is 0 Å². The molecule has 132 valence electrons. The van der Waals surface area contributed by atoms with Gasteiger partial charge in [-0.2, -0.15) is 4.98 Å². The van der Waals surface area contributed by atoms with E-state index in [0.29, 0.717) is 25.1 Å². The van der Waals surface area contributed by atoms with E-state index in [1.807, 2.05) is 0 Å². The molecule has 25 heavy (non-hydrogen) atoms. The van der Waals surface area contributed by atoms with Gasteiger partial charge in [0.25, 0.3) is 0 Å². The zero-order valence-electron chi connectivity index (χ0n) is 13.4. The largest absolute Gasteiger partial charge is 0.368 e. The van der Waals surface area contributed by atoms with Gasteiger partial charge in [-0.05, 0) is 19.8 Å². The van der Waals surface area contributed by atoms with Gasteiger partial charge in [0.1, 0.15) is 11.8 Å². The molecule has 1 fully saturated rings. The number of likely N-dealkylation sites (tertiary alicyclic amines) is 1. The van der Waals surface area contributed by atoms with E-state index in [0.717, 1.165) is 0 Å². The second-order valence-electron chi connectivity index (χ2n) is 5.62. The third-order valence-corrected chi connectivity index (χ3v) is 3.71. The molecular weight excluding hydrogens is 332 g/mol. The monoisotopic (exact) mass is 348 g/mol. The summed E-state index contributed by atoms with van der Waals surface area (Å²) < 4.78 is 9.74. The first-order chi connectivity index (χ1) is 11.9. The summed E-state index contributed by atoms with van der Waals surface area (Å²) in [5.41, 5.74) is 5.28. The molecule has 0 aliphatic carbocycles. The molecule has 0 spiro atoms. The summed E-state index contributed by atoms with van der Waals surface area (Å²) >= 11 is 0. The zero-order valence-corrected chi connectivity index (χ0v) is 13.4. The van der Waals surface area contributed by atoms with Crippen molar-refractivity contribution in [1.82, 2.24) is 20.2 Å². The summed E-state index contributed by atoms with van der Waals surface area (Å²) in [6.45, 7) is 2.08. The Kier molecular flexibility index (Phi) is 4.46. The predicted molar refractivity (Wildman–Crippen MR) is 81.1 cm³/mol. The third kappa shape index (κ3) is 3.65. The molecule has 0 aromatic carbocycles. The number of aromatic nitrogens is 3. The van der Waals surface area contributed by atoms with E-state index in [-0.39, 0.29) is 24.0 Å². The van der Waals surface area contributed by atoms with Crippen molar-refractivity contribution >= 4 is 23.5 Å². The van der Waals surface area contributed by atoms with Crippen molar-refractivity contribution in [3.63, 3.8) is 0 Å². The maximum atomic E-state index is 12.4. The number of rotatable bonds is 5. The van der Waals surface area contributed by atoms with Gasteiger partial charge in [0.05, 0.1) is 6.42 Å². The Morgan fingerprint density at radius 3 is 2.84 bits per heavy atom. The molecule has 2 aromatic heterocycles. The number of carbonyl (C=O) groups excluding carboxylic acids is 3. The molecule has 11 nitrogen and oxygen atoms in total. The molecule has 3 amide bonds. The molecule has 1 atom stereocenters. The van der Waals surface area contributed by atoms with Crippen LogP contribution < -0.4 is 11.1 Å². The number of carbonyl (C=O) groups is 3. The van der Waals surface area contributed by atoms with E-state index in [1.165, 1.54) is 4.90 Å². The van der Waals surface area contributed by atoms with E-state index >= 15 is 0 Å². The van der Waals surface area contributed by atoms with Crippen LogP contribution in [0.2, 0.25) is 0 Å².